The molecule has 0 aliphatic carbocycles. The molecule has 0 saturated carbocycles. The number of nitrogens with one attached hydrogen (secondary N) is 1. The molecule has 1 aromatic carbocycles. The molecule has 1 heterocycles. The summed E-state index contributed by atoms with van der Waals surface area (Å²) in [6.45, 7) is 0. The van der Waals surface area contributed by atoms with Crippen LogP contribution in [-0.4, -0.2) is 9.97 Å². The van der Waals surface area contributed by atoms with E-state index in [9.17, 15) is 4.39 Å². The van der Waals surface area contributed by atoms with Crippen LogP contribution in [0.15, 0.2) is 36.8 Å². The van der Waals surface area contributed by atoms with Gasteiger partial charge >= 0.3 is 0 Å². The van der Waals surface area contributed by atoms with E-state index in [1.807, 2.05) is 0 Å². The molecular formula is C10H10FN3. The topological polar surface area (TPSA) is 54.7 Å². The van der Waals surface area contributed by atoms with E-state index < -0.39 is 0 Å². The summed E-state index contributed by atoms with van der Waals surface area (Å²) in [7, 11) is 0. The zero-order valence-corrected chi connectivity index (χ0v) is 7.44. The molecule has 0 bridgehead atoms. The summed E-state index contributed by atoms with van der Waals surface area (Å²) in [4.78, 5) is 6.76. The van der Waals surface area contributed by atoms with Gasteiger partial charge in [-0.3, -0.25) is 0 Å². The quantitative estimate of drug-likeness (QED) is 0.757. The number of aromatic nitrogens is 2. The highest BCUT2D eigenvalue weighted by atomic mass is 19.1. The molecule has 0 aliphatic rings. The SMILES string of the molecule is NC(c1cccc(F)c1)c1cnc[nH]1. The van der Waals surface area contributed by atoms with Gasteiger partial charge in [0.05, 0.1) is 18.1 Å². The molecule has 2 rings (SSSR count). The molecule has 3 nitrogen and oxygen atoms in total. The zero-order valence-electron chi connectivity index (χ0n) is 7.44. The molecule has 2 aromatic rings. The Kier molecular flexibility index (Phi) is 2.28. The number of hydrogen-bond acceptors (Lipinski definition) is 2. The lowest BCUT2D eigenvalue weighted by Crippen LogP contribution is -2.12. The molecule has 0 spiro atoms. The lowest BCUT2D eigenvalue weighted by atomic mass is 10.1. The molecule has 0 fully saturated rings. The number of imidazole rings is 1. The van der Waals surface area contributed by atoms with Crippen molar-refractivity contribution in [1.29, 1.82) is 0 Å². The first kappa shape index (κ1) is 8.90. The molecular weight excluding hydrogens is 181 g/mol. The Labute approximate surface area is 80.8 Å². The van der Waals surface area contributed by atoms with E-state index in [0.29, 0.717) is 0 Å². The molecule has 0 radical (unpaired) electrons. The highest BCUT2D eigenvalue weighted by Crippen LogP contribution is 2.17. The minimum Gasteiger partial charge on any atom is -0.347 e. The second-order valence-corrected chi connectivity index (χ2v) is 3.04. The van der Waals surface area contributed by atoms with Crippen molar-refractivity contribution < 1.29 is 4.39 Å². The Balaban J connectivity index is 2.32. The minimum atomic E-state index is -0.354. The van der Waals surface area contributed by atoms with Gasteiger partial charge in [-0.15, -0.1) is 0 Å². The Morgan fingerprint density at radius 1 is 1.43 bits per heavy atom. The van der Waals surface area contributed by atoms with E-state index in [1.54, 1.807) is 24.7 Å². The maximum atomic E-state index is 12.9. The molecule has 1 unspecified atom stereocenters. The third-order valence-electron chi connectivity index (χ3n) is 2.06. The van der Waals surface area contributed by atoms with Gasteiger partial charge in [-0.1, -0.05) is 12.1 Å². The van der Waals surface area contributed by atoms with Crippen molar-refractivity contribution in [1.82, 2.24) is 9.97 Å². The standard InChI is InChI=1S/C10H10FN3/c11-8-3-1-2-7(4-8)10(12)9-5-13-6-14-9/h1-6,10H,12H2,(H,13,14). The molecule has 0 amide bonds. The van der Waals surface area contributed by atoms with Crippen LogP contribution < -0.4 is 5.73 Å². The minimum absolute atomic E-state index is 0.280. The summed E-state index contributed by atoms with van der Waals surface area (Å²) >= 11 is 0. The molecule has 0 aliphatic heterocycles. The van der Waals surface area contributed by atoms with E-state index in [2.05, 4.69) is 9.97 Å². The van der Waals surface area contributed by atoms with Crippen LogP contribution in [0.2, 0.25) is 0 Å². The second kappa shape index (κ2) is 3.59. The Morgan fingerprint density at radius 2 is 2.29 bits per heavy atom. The van der Waals surface area contributed by atoms with Crippen molar-refractivity contribution in [2.45, 2.75) is 6.04 Å². The van der Waals surface area contributed by atoms with Gasteiger partial charge in [0, 0.05) is 6.20 Å². The fourth-order valence-electron chi connectivity index (χ4n) is 1.32. The third kappa shape index (κ3) is 1.65. The lowest BCUT2D eigenvalue weighted by Gasteiger charge is -2.09. The normalized spacial score (nSPS) is 12.7. The monoisotopic (exact) mass is 191 g/mol. The van der Waals surface area contributed by atoms with E-state index in [-0.39, 0.29) is 11.9 Å². The molecule has 1 aromatic heterocycles. The number of nitrogens with two attached hydrogens (primary N) is 1. The van der Waals surface area contributed by atoms with Gasteiger partial charge in [-0.05, 0) is 17.7 Å². The van der Waals surface area contributed by atoms with Crippen LogP contribution in [0, 0.1) is 5.82 Å². The Hall–Kier alpha value is -1.68. The molecule has 14 heavy (non-hydrogen) atoms. The third-order valence-corrected chi connectivity index (χ3v) is 2.06. The van der Waals surface area contributed by atoms with Crippen LogP contribution in [0.25, 0.3) is 0 Å². The van der Waals surface area contributed by atoms with Crippen molar-refractivity contribution in [2.75, 3.05) is 0 Å². The maximum absolute atomic E-state index is 12.9. The van der Waals surface area contributed by atoms with Crippen LogP contribution in [0.1, 0.15) is 17.3 Å². The van der Waals surface area contributed by atoms with E-state index in [4.69, 9.17) is 5.73 Å². The number of rotatable bonds is 2. The largest absolute Gasteiger partial charge is 0.347 e. The Morgan fingerprint density at radius 3 is 2.93 bits per heavy atom. The van der Waals surface area contributed by atoms with Gasteiger partial charge in [-0.25, -0.2) is 9.37 Å². The van der Waals surface area contributed by atoms with E-state index in [1.165, 1.54) is 12.1 Å². The summed E-state index contributed by atoms with van der Waals surface area (Å²) in [6, 6.07) is 5.89. The van der Waals surface area contributed by atoms with Crippen LogP contribution in [0.3, 0.4) is 0 Å². The van der Waals surface area contributed by atoms with Gasteiger partial charge in [0.2, 0.25) is 0 Å². The molecule has 0 saturated heterocycles. The van der Waals surface area contributed by atoms with Gasteiger partial charge < -0.3 is 10.7 Å². The number of halogens is 1. The molecule has 3 N–H and O–H groups in total. The molecule has 72 valence electrons. The molecule has 4 heteroatoms. The highest BCUT2D eigenvalue weighted by Gasteiger charge is 2.09. The number of nitrogens with zero attached hydrogens (tertiary/aromatic N) is 1. The van der Waals surface area contributed by atoms with Crippen LogP contribution in [-0.2, 0) is 0 Å². The first-order valence-electron chi connectivity index (χ1n) is 4.26. The predicted octanol–water partition coefficient (Wildman–Crippen LogP) is 1.60. The van der Waals surface area contributed by atoms with Crippen molar-refractivity contribution >= 4 is 0 Å². The number of H-pyrrole nitrogens is 1. The van der Waals surface area contributed by atoms with Gasteiger partial charge in [0.1, 0.15) is 5.82 Å². The number of hydrogen-bond donors (Lipinski definition) is 2. The maximum Gasteiger partial charge on any atom is 0.123 e. The lowest BCUT2D eigenvalue weighted by molar-refractivity contribution is 0.623. The summed E-state index contributed by atoms with van der Waals surface area (Å²) in [6.07, 6.45) is 3.18. The first-order chi connectivity index (χ1) is 6.77. The predicted molar refractivity (Wildman–Crippen MR) is 51.0 cm³/mol. The van der Waals surface area contributed by atoms with E-state index >= 15 is 0 Å². The summed E-state index contributed by atoms with van der Waals surface area (Å²) in [5, 5.41) is 0. The van der Waals surface area contributed by atoms with Crippen molar-refractivity contribution in [3.8, 4) is 0 Å². The molecule has 1 atom stereocenters. The number of benzene rings is 1. The zero-order chi connectivity index (χ0) is 9.97. The van der Waals surface area contributed by atoms with Crippen LogP contribution >= 0.6 is 0 Å². The van der Waals surface area contributed by atoms with Gasteiger partial charge in [0.15, 0.2) is 0 Å². The van der Waals surface area contributed by atoms with Crippen LogP contribution in [0.4, 0.5) is 4.39 Å². The van der Waals surface area contributed by atoms with E-state index in [0.717, 1.165) is 11.3 Å². The first-order valence-corrected chi connectivity index (χ1v) is 4.26. The van der Waals surface area contributed by atoms with Crippen molar-refractivity contribution in [3.63, 3.8) is 0 Å². The number of aromatic amines is 1. The summed E-state index contributed by atoms with van der Waals surface area (Å²) in [5.74, 6) is -0.280. The van der Waals surface area contributed by atoms with Crippen LogP contribution in [0.5, 0.6) is 0 Å². The van der Waals surface area contributed by atoms with Gasteiger partial charge in [-0.2, -0.15) is 0 Å². The summed E-state index contributed by atoms with van der Waals surface area (Å²) in [5.41, 5.74) is 7.40. The van der Waals surface area contributed by atoms with Gasteiger partial charge in [0.25, 0.3) is 0 Å². The average molecular weight is 191 g/mol. The fraction of sp³-hybridized carbons (Fsp3) is 0.100. The average Bonchev–Trinajstić information content (AvgIpc) is 2.69. The Bertz CT molecular complexity index is 411. The summed E-state index contributed by atoms with van der Waals surface area (Å²) < 4.78 is 12.9. The second-order valence-electron chi connectivity index (χ2n) is 3.04. The highest BCUT2D eigenvalue weighted by molar-refractivity contribution is 5.26. The van der Waals surface area contributed by atoms with Crippen molar-refractivity contribution in [3.05, 3.63) is 53.9 Å². The van der Waals surface area contributed by atoms with Crippen molar-refractivity contribution in [2.24, 2.45) is 5.73 Å². The smallest absolute Gasteiger partial charge is 0.123 e. The fourth-order valence-corrected chi connectivity index (χ4v) is 1.32.